The van der Waals surface area contributed by atoms with Crippen LogP contribution in [-0.4, -0.2) is 200 Å². The van der Waals surface area contributed by atoms with Crippen LogP contribution in [0.4, 0.5) is 0 Å². The summed E-state index contributed by atoms with van der Waals surface area (Å²) in [7, 11) is 0. The van der Waals surface area contributed by atoms with Gasteiger partial charge in [0.2, 0.25) is 70.9 Å². The van der Waals surface area contributed by atoms with E-state index in [4.69, 9.17) is 5.73 Å². The Morgan fingerprint density at radius 2 is 1.31 bits per heavy atom. The van der Waals surface area contributed by atoms with Gasteiger partial charge in [-0.3, -0.25) is 68.0 Å². The number of nitrogens with one attached hydrogen (secondary N) is 13. The van der Waals surface area contributed by atoms with Gasteiger partial charge in [-0.2, -0.15) is 5.26 Å². The molecule has 32 nitrogen and oxygen atoms in total. The highest BCUT2D eigenvalue weighted by Gasteiger charge is 2.40. The van der Waals surface area contributed by atoms with Crippen LogP contribution < -0.4 is 69.5 Å². The Balaban J connectivity index is 1.42. The molecule has 10 atom stereocenters. The van der Waals surface area contributed by atoms with E-state index in [1.54, 1.807) is 12.1 Å². The molecule has 11 amide bonds. The molecule has 2 aromatic heterocycles. The summed E-state index contributed by atoms with van der Waals surface area (Å²) in [6, 6.07) is -3.85. The Kier molecular flexibility index (Phi) is 33.3. The largest absolute Gasteiger partial charge is 0.508 e. The summed E-state index contributed by atoms with van der Waals surface area (Å²) < 4.78 is 0. The van der Waals surface area contributed by atoms with E-state index in [1.165, 1.54) is 61.0 Å². The zero-order valence-electron chi connectivity index (χ0n) is 56.7. The van der Waals surface area contributed by atoms with E-state index in [0.717, 1.165) is 12.8 Å². The van der Waals surface area contributed by atoms with Crippen LogP contribution in [-0.2, 0) is 72.0 Å². The van der Waals surface area contributed by atoms with Crippen molar-refractivity contribution in [3.8, 4) is 11.9 Å². The summed E-state index contributed by atoms with van der Waals surface area (Å²) in [5, 5.41) is 63.3. The van der Waals surface area contributed by atoms with Crippen LogP contribution in [0, 0.1) is 17.4 Å². The van der Waals surface area contributed by atoms with E-state index in [-0.39, 0.29) is 100 Å². The van der Waals surface area contributed by atoms with Crippen molar-refractivity contribution in [3.63, 3.8) is 0 Å². The normalized spacial score (nSPS) is 16.9. The topological polar surface area (TPSA) is 480 Å². The molecule has 32 heteroatoms. The number of phenolic OH excluding ortho intramolecular Hbond substituents is 1. The fourth-order valence-corrected chi connectivity index (χ4v) is 11.0. The number of nitriles is 1. The van der Waals surface area contributed by atoms with Crippen molar-refractivity contribution in [3.05, 3.63) is 78.1 Å². The van der Waals surface area contributed by atoms with Crippen LogP contribution in [0.3, 0.4) is 0 Å². The average molecular weight is 1370 g/mol. The molecular weight excluding hydrogens is 1270 g/mol. The van der Waals surface area contributed by atoms with Crippen molar-refractivity contribution in [2.45, 2.75) is 211 Å². The van der Waals surface area contributed by atoms with Crippen molar-refractivity contribution in [2.24, 2.45) is 16.6 Å². The number of aromatic hydroxyl groups is 1. The van der Waals surface area contributed by atoms with Crippen LogP contribution in [0.15, 0.2) is 66.3 Å². The van der Waals surface area contributed by atoms with Gasteiger partial charge in [0.25, 0.3) is 0 Å². The Morgan fingerprint density at radius 3 is 1.91 bits per heavy atom. The van der Waals surface area contributed by atoms with Gasteiger partial charge in [-0.05, 0) is 119 Å². The maximum Gasteiger partial charge on any atom is 0.245 e. The summed E-state index contributed by atoms with van der Waals surface area (Å²) in [6.45, 7) is 11.6. The molecule has 5 rings (SSSR count). The number of imidazole rings is 1. The summed E-state index contributed by atoms with van der Waals surface area (Å²) in [5.74, 6) is -8.36. The van der Waals surface area contributed by atoms with Crippen LogP contribution >= 0.6 is 0 Å². The summed E-state index contributed by atoms with van der Waals surface area (Å²) in [6.07, 6.45) is 11.5. The van der Waals surface area contributed by atoms with Gasteiger partial charge in [-0.25, -0.2) is 4.98 Å². The fraction of sp³-hybridized carbons (Fsp3) is 0.591. The third-order valence-electron chi connectivity index (χ3n) is 16.4. The summed E-state index contributed by atoms with van der Waals surface area (Å²) >= 11 is 0. The molecule has 17 N–H and O–H groups in total. The van der Waals surface area contributed by atoms with E-state index >= 15 is 0 Å². The number of amides is 11. The number of carbonyl (C=O) groups is 11. The molecule has 2 aliphatic rings. The number of hydrogen-bond acceptors (Lipinski definition) is 18. The van der Waals surface area contributed by atoms with Crippen molar-refractivity contribution in [1.82, 2.24) is 83.7 Å². The Bertz CT molecular complexity index is 3180. The van der Waals surface area contributed by atoms with E-state index < -0.39 is 126 Å². The molecule has 0 unspecified atom stereocenters. The van der Waals surface area contributed by atoms with E-state index in [2.05, 4.69) is 83.7 Å². The highest BCUT2D eigenvalue weighted by molar-refractivity contribution is 5.99. The molecule has 3 aromatic rings. The van der Waals surface area contributed by atoms with Gasteiger partial charge in [0, 0.05) is 75.6 Å². The molecule has 2 fully saturated rings. The monoisotopic (exact) mass is 1370 g/mol. The van der Waals surface area contributed by atoms with Crippen LogP contribution in [0.5, 0.6) is 5.75 Å². The lowest BCUT2D eigenvalue weighted by molar-refractivity contribution is -0.142. The number of phenols is 1. The molecule has 2 aliphatic heterocycles. The first-order valence-electron chi connectivity index (χ1n) is 33.6. The lowest BCUT2D eigenvalue weighted by Crippen LogP contribution is -2.61. The lowest BCUT2D eigenvalue weighted by atomic mass is 9.99. The SMILES string of the molecule is CCCCNC(=NCCCC[C@@H](NC(=O)[C@H](Cc1cnc[nH]1)NC(=O)[C@@H]1CCC(=O)N1)C(=O)N[C@@H](CO)C(=O)N[C@@H](Cc1ccc(O)cc1)C(=O)N[C@H](Cc1cccnc1)C(=O)N[C@@H](CC(C)C)C(=O)N[C@@H](CCCCNC(C)C)C(=O)N1CCC[C@H]1C(=O)N[C@H](C)C(N)=O)NC#N. The Labute approximate surface area is 571 Å². The maximum atomic E-state index is 14.9. The third-order valence-corrected chi connectivity index (χ3v) is 16.4. The molecule has 0 bridgehead atoms. The fourth-order valence-electron chi connectivity index (χ4n) is 11.0. The van der Waals surface area contributed by atoms with E-state index in [0.29, 0.717) is 62.0 Å². The number of aliphatic imine (C=N–C) groups is 1. The van der Waals surface area contributed by atoms with Gasteiger partial charge in [-0.1, -0.05) is 59.2 Å². The molecule has 0 radical (unpaired) electrons. The molecule has 0 aliphatic carbocycles. The maximum absolute atomic E-state index is 14.9. The number of nitrogens with two attached hydrogens (primary N) is 1. The number of unbranched alkanes of at least 4 members (excludes halogenated alkanes) is 3. The number of nitrogens with zero attached hydrogens (tertiary/aromatic N) is 5. The van der Waals surface area contributed by atoms with Gasteiger partial charge < -0.3 is 84.3 Å². The molecule has 1 aromatic carbocycles. The van der Waals surface area contributed by atoms with Crippen LogP contribution in [0.2, 0.25) is 0 Å². The molecule has 98 heavy (non-hydrogen) atoms. The molecule has 2 saturated heterocycles. The number of aliphatic hydroxyl groups excluding tert-OH is 1. The molecule has 4 heterocycles. The van der Waals surface area contributed by atoms with Crippen molar-refractivity contribution >= 4 is 70.9 Å². The van der Waals surface area contributed by atoms with Gasteiger partial charge >= 0.3 is 0 Å². The first-order chi connectivity index (χ1) is 46.9. The number of carbonyl (C=O) groups excluding carboxylic acids is 11. The minimum absolute atomic E-state index is 0.0550. The lowest BCUT2D eigenvalue weighted by Gasteiger charge is -2.31. The second-order valence-electron chi connectivity index (χ2n) is 25.3. The predicted molar refractivity (Wildman–Crippen MR) is 360 cm³/mol. The predicted octanol–water partition coefficient (Wildman–Crippen LogP) is -1.62. The van der Waals surface area contributed by atoms with Crippen molar-refractivity contribution < 1.29 is 63.0 Å². The highest BCUT2D eigenvalue weighted by Crippen LogP contribution is 2.22. The minimum atomic E-state index is -1.79. The third kappa shape index (κ3) is 27.0. The summed E-state index contributed by atoms with van der Waals surface area (Å²) in [4.78, 5) is 170. The quantitative estimate of drug-likeness (QED) is 0.00998. The zero-order valence-corrected chi connectivity index (χ0v) is 56.7. The molecule has 0 spiro atoms. The second-order valence-corrected chi connectivity index (χ2v) is 25.3. The number of primary amides is 1. The number of aromatic nitrogens is 3. The highest BCUT2D eigenvalue weighted by atomic mass is 16.3. The minimum Gasteiger partial charge on any atom is -0.508 e. The molecular formula is C66H99N19O13. The second kappa shape index (κ2) is 41.4. The van der Waals surface area contributed by atoms with Gasteiger partial charge in [0.1, 0.15) is 66.2 Å². The Hall–Kier alpha value is -9.77. The number of guanidine groups is 1. The number of hydrogen-bond donors (Lipinski definition) is 16. The average Bonchev–Trinajstić information content (AvgIpc) is 1.54. The van der Waals surface area contributed by atoms with Crippen LogP contribution in [0.25, 0.3) is 0 Å². The first-order valence-corrected chi connectivity index (χ1v) is 33.6. The van der Waals surface area contributed by atoms with E-state index in [9.17, 15) is 68.2 Å². The molecule has 536 valence electrons. The first kappa shape index (κ1) is 78.9. The van der Waals surface area contributed by atoms with Crippen molar-refractivity contribution in [2.75, 3.05) is 32.8 Å². The van der Waals surface area contributed by atoms with Crippen molar-refractivity contribution in [1.29, 1.82) is 5.26 Å². The Morgan fingerprint density at radius 1 is 0.694 bits per heavy atom. The number of pyridine rings is 1. The van der Waals surface area contributed by atoms with E-state index in [1.807, 2.05) is 40.8 Å². The van der Waals surface area contributed by atoms with Gasteiger partial charge in [-0.15, -0.1) is 0 Å². The number of rotatable bonds is 41. The van der Waals surface area contributed by atoms with Crippen LogP contribution in [0.1, 0.15) is 142 Å². The number of aliphatic hydroxyl groups is 1. The number of aromatic amines is 1. The zero-order chi connectivity index (χ0) is 71.7. The van der Waals surface area contributed by atoms with Gasteiger partial charge in [0.05, 0.1) is 12.9 Å². The summed E-state index contributed by atoms with van der Waals surface area (Å²) in [5.41, 5.74) is 6.74. The number of likely N-dealkylation sites (tertiary alicyclic amines) is 1. The van der Waals surface area contributed by atoms with Gasteiger partial charge in [0.15, 0.2) is 6.19 Å². The smallest absolute Gasteiger partial charge is 0.245 e. The number of H-pyrrole nitrogens is 1. The molecule has 0 saturated carbocycles. The standard InChI is InChI=1S/C66H99N19O13/c1-7-8-26-72-66(74-37-67)73-28-12-9-16-46(78-62(95)52(33-44-35-70-38-75-44)83-58(91)47-23-24-55(88)77-47)57(90)84-53(36-86)63(96)82-50(31-42-19-21-45(87)22-20-42)60(93)81-51(32-43-15-13-25-69-34-43)61(94)80-49(30-39(2)3)59(92)79-48(17-10-11-27-71-40(4)5)65(98)85-29-14-18-54(85)64(97)76-41(6)56(68)89/h13,15,19-22,25,34-35,38-41,46-54,71,86-87H,7-12,14,16-18,23-24,26-33,36H2,1-6H3,(H2,68,89)(H,70,75)(H,76,97)(H,77,88)(H,78,95)(H,79,92)(H,80,94)(H,81,93)(H,82,96)(H,83,91)(H,84,90)(H2,72,73,74)/t41-,46-,47+,48+,49+,50+,51-,52+,53+,54+/m1/s1. The number of benzene rings is 1.